The van der Waals surface area contributed by atoms with E-state index in [4.69, 9.17) is 10.3 Å². The quantitative estimate of drug-likeness (QED) is 0.474. The van der Waals surface area contributed by atoms with E-state index in [0.29, 0.717) is 0 Å². The van der Waals surface area contributed by atoms with Gasteiger partial charge in [-0.2, -0.15) is 34.8 Å². The van der Waals surface area contributed by atoms with Crippen molar-refractivity contribution in [2.45, 2.75) is 17.2 Å². The van der Waals surface area contributed by atoms with Gasteiger partial charge in [0.15, 0.2) is 0 Å². The lowest BCUT2D eigenvalue weighted by atomic mass is 10.1. The number of nitrogen functional groups attached to an aromatic ring is 1. The van der Waals surface area contributed by atoms with Gasteiger partial charge < -0.3 is 5.73 Å². The molecule has 0 bridgehead atoms. The molecule has 0 spiro atoms. The molecule has 0 aliphatic rings. The summed E-state index contributed by atoms with van der Waals surface area (Å²) in [6.45, 7) is 0. The summed E-state index contributed by atoms with van der Waals surface area (Å²) in [4.78, 5) is -1.90. The van der Waals surface area contributed by atoms with Gasteiger partial charge >= 0.3 is 12.4 Å². The van der Waals surface area contributed by atoms with Gasteiger partial charge in [0.25, 0.3) is 10.1 Å². The summed E-state index contributed by atoms with van der Waals surface area (Å²) < 4.78 is 105. The fourth-order valence-corrected chi connectivity index (χ4v) is 2.00. The summed E-state index contributed by atoms with van der Waals surface area (Å²) in [7, 11) is -5.49. The Morgan fingerprint density at radius 1 is 0.947 bits per heavy atom. The molecule has 0 heterocycles. The van der Waals surface area contributed by atoms with E-state index in [1.807, 2.05) is 0 Å². The van der Waals surface area contributed by atoms with Crippen LogP contribution in [0.1, 0.15) is 11.1 Å². The monoisotopic (exact) mass is 309 g/mol. The SMILES string of the molecule is Nc1cc(C(F)(F)F)c(S(=O)(=O)O)cc1C(F)(F)F. The molecule has 3 N–H and O–H groups in total. The molecule has 0 aliphatic carbocycles. The Balaban J connectivity index is 3.76. The molecule has 0 fully saturated rings. The Morgan fingerprint density at radius 3 is 1.68 bits per heavy atom. The van der Waals surface area contributed by atoms with E-state index in [2.05, 4.69) is 0 Å². The van der Waals surface area contributed by atoms with E-state index in [9.17, 15) is 34.8 Å². The molecule has 1 aromatic rings. The van der Waals surface area contributed by atoms with Gasteiger partial charge in [0, 0.05) is 5.69 Å². The van der Waals surface area contributed by atoms with Gasteiger partial charge in [0.2, 0.25) is 0 Å². The predicted molar refractivity (Wildman–Crippen MR) is 50.7 cm³/mol. The highest BCUT2D eigenvalue weighted by molar-refractivity contribution is 7.85. The largest absolute Gasteiger partial charge is 0.418 e. The molecule has 0 amide bonds. The van der Waals surface area contributed by atoms with E-state index < -0.39 is 44.2 Å². The normalized spacial score (nSPS) is 13.6. The second-order valence-corrected chi connectivity index (χ2v) is 4.80. The van der Waals surface area contributed by atoms with Gasteiger partial charge in [-0.25, -0.2) is 0 Å². The van der Waals surface area contributed by atoms with Crippen molar-refractivity contribution in [2.24, 2.45) is 0 Å². The third kappa shape index (κ3) is 3.29. The second-order valence-electron chi connectivity index (χ2n) is 3.41. The third-order valence-corrected chi connectivity index (χ3v) is 2.93. The van der Waals surface area contributed by atoms with Crippen molar-refractivity contribution in [3.05, 3.63) is 23.3 Å². The molecule has 0 aromatic heterocycles. The molecule has 0 saturated carbocycles. The molecule has 11 heteroatoms. The molecular weight excluding hydrogens is 304 g/mol. The van der Waals surface area contributed by atoms with E-state index in [1.54, 1.807) is 0 Å². The third-order valence-electron chi connectivity index (χ3n) is 2.04. The first-order valence-electron chi connectivity index (χ1n) is 4.30. The topological polar surface area (TPSA) is 80.4 Å². The molecule has 0 aliphatic heterocycles. The van der Waals surface area contributed by atoms with Gasteiger partial charge in [-0.3, -0.25) is 4.55 Å². The Bertz CT molecular complexity index is 604. The van der Waals surface area contributed by atoms with E-state index in [1.165, 1.54) is 0 Å². The predicted octanol–water partition coefficient (Wildman–Crippen LogP) is 2.55. The number of rotatable bonds is 1. The summed E-state index contributed by atoms with van der Waals surface area (Å²) in [6.07, 6.45) is -10.4. The van der Waals surface area contributed by atoms with Crippen LogP contribution < -0.4 is 5.73 Å². The van der Waals surface area contributed by atoms with Gasteiger partial charge in [-0.05, 0) is 12.1 Å². The van der Waals surface area contributed by atoms with Crippen LogP contribution in [0.5, 0.6) is 0 Å². The molecule has 0 radical (unpaired) electrons. The van der Waals surface area contributed by atoms with Crippen LogP contribution in [0.3, 0.4) is 0 Å². The van der Waals surface area contributed by atoms with Crippen LogP contribution in [-0.2, 0) is 22.5 Å². The van der Waals surface area contributed by atoms with E-state index in [0.717, 1.165) is 0 Å². The first-order valence-corrected chi connectivity index (χ1v) is 5.74. The molecule has 1 aromatic carbocycles. The zero-order chi connectivity index (χ0) is 15.2. The van der Waals surface area contributed by atoms with Crippen LogP contribution >= 0.6 is 0 Å². The van der Waals surface area contributed by atoms with Crippen molar-refractivity contribution in [2.75, 3.05) is 5.73 Å². The van der Waals surface area contributed by atoms with Crippen molar-refractivity contribution < 1.29 is 39.3 Å². The molecule has 0 saturated heterocycles. The zero-order valence-electron chi connectivity index (χ0n) is 8.67. The summed E-state index contributed by atoms with van der Waals surface area (Å²) in [5, 5.41) is 0. The fourth-order valence-electron chi connectivity index (χ4n) is 1.28. The molecular formula is C8H5F6NO3S. The van der Waals surface area contributed by atoms with Crippen LogP contribution in [0.25, 0.3) is 0 Å². The Morgan fingerprint density at radius 2 is 1.37 bits per heavy atom. The van der Waals surface area contributed by atoms with Crippen LogP contribution in [0.15, 0.2) is 17.0 Å². The standard InChI is InChI=1S/C8H5F6NO3S/c9-7(10,11)3-2-6(19(16,17)18)4(1-5(3)15)8(12,13)14/h1-2H,15H2,(H,16,17,18). The second kappa shape index (κ2) is 4.27. The number of hydrogen-bond acceptors (Lipinski definition) is 3. The Labute approximate surface area is 102 Å². The molecule has 4 nitrogen and oxygen atoms in total. The minimum absolute atomic E-state index is 0.189. The van der Waals surface area contributed by atoms with Gasteiger partial charge in [0.05, 0.1) is 11.1 Å². The number of hydrogen-bond donors (Lipinski definition) is 2. The average Bonchev–Trinajstić information content (AvgIpc) is 2.11. The number of anilines is 1. The number of nitrogens with two attached hydrogens (primary N) is 1. The minimum atomic E-state index is -5.49. The van der Waals surface area contributed by atoms with Crippen molar-refractivity contribution in [3.8, 4) is 0 Å². The van der Waals surface area contributed by atoms with E-state index >= 15 is 0 Å². The zero-order valence-corrected chi connectivity index (χ0v) is 9.49. The highest BCUT2D eigenvalue weighted by Crippen LogP contribution is 2.41. The lowest BCUT2D eigenvalue weighted by molar-refractivity contribution is -0.142. The maximum absolute atomic E-state index is 12.5. The van der Waals surface area contributed by atoms with Crippen molar-refractivity contribution >= 4 is 15.8 Å². The maximum atomic E-state index is 12.5. The van der Waals surface area contributed by atoms with Crippen LogP contribution in [0.4, 0.5) is 32.0 Å². The van der Waals surface area contributed by atoms with Crippen LogP contribution in [0.2, 0.25) is 0 Å². The average molecular weight is 309 g/mol. The Kier molecular flexibility index (Phi) is 3.50. The van der Waals surface area contributed by atoms with Crippen molar-refractivity contribution in [3.63, 3.8) is 0 Å². The van der Waals surface area contributed by atoms with Gasteiger partial charge in [0.1, 0.15) is 4.90 Å². The number of alkyl halides is 6. The molecule has 19 heavy (non-hydrogen) atoms. The maximum Gasteiger partial charge on any atom is 0.418 e. The molecule has 108 valence electrons. The smallest absolute Gasteiger partial charge is 0.398 e. The highest BCUT2D eigenvalue weighted by atomic mass is 32.2. The van der Waals surface area contributed by atoms with Crippen molar-refractivity contribution in [1.29, 1.82) is 0 Å². The number of benzene rings is 1. The molecule has 1 rings (SSSR count). The summed E-state index contributed by atoms with van der Waals surface area (Å²) in [6, 6.07) is -0.542. The summed E-state index contributed by atoms with van der Waals surface area (Å²) in [5.74, 6) is 0. The van der Waals surface area contributed by atoms with Gasteiger partial charge in [-0.15, -0.1) is 0 Å². The lowest BCUT2D eigenvalue weighted by Gasteiger charge is -2.16. The fraction of sp³-hybridized carbons (Fsp3) is 0.250. The van der Waals surface area contributed by atoms with Gasteiger partial charge in [-0.1, -0.05) is 0 Å². The molecule has 0 atom stereocenters. The highest BCUT2D eigenvalue weighted by Gasteiger charge is 2.41. The van der Waals surface area contributed by atoms with Crippen molar-refractivity contribution in [1.82, 2.24) is 0 Å². The summed E-state index contributed by atoms with van der Waals surface area (Å²) in [5.41, 5.74) is -0.235. The van der Waals surface area contributed by atoms with E-state index in [-0.39, 0.29) is 12.1 Å². The minimum Gasteiger partial charge on any atom is -0.398 e. The molecule has 0 unspecified atom stereocenters. The first kappa shape index (κ1) is 15.6. The van der Waals surface area contributed by atoms with Crippen LogP contribution in [-0.4, -0.2) is 13.0 Å². The number of halogens is 6. The van der Waals surface area contributed by atoms with Crippen LogP contribution in [0, 0.1) is 0 Å². The lowest BCUT2D eigenvalue weighted by Crippen LogP contribution is -2.17. The summed E-state index contributed by atoms with van der Waals surface area (Å²) >= 11 is 0. The first-order chi connectivity index (χ1) is 8.24. The Hall–Kier alpha value is -1.49.